The summed E-state index contributed by atoms with van der Waals surface area (Å²) in [5.74, 6) is 0.696. The first-order valence-electron chi connectivity index (χ1n) is 9.45. The van der Waals surface area contributed by atoms with E-state index in [1.54, 1.807) is 42.5 Å². The van der Waals surface area contributed by atoms with Crippen molar-refractivity contribution in [3.05, 3.63) is 71.3 Å². The van der Waals surface area contributed by atoms with Crippen LogP contribution in [-0.2, 0) is 0 Å². The van der Waals surface area contributed by atoms with Crippen molar-refractivity contribution in [1.29, 1.82) is 0 Å². The normalized spacial score (nSPS) is 10.2. The number of methoxy groups -OCH3 is 1. The lowest BCUT2D eigenvalue weighted by Gasteiger charge is -2.11. The van der Waals surface area contributed by atoms with Gasteiger partial charge in [-0.2, -0.15) is 9.97 Å². The van der Waals surface area contributed by atoms with E-state index >= 15 is 0 Å². The molecule has 2 aromatic carbocycles. The van der Waals surface area contributed by atoms with E-state index in [-0.39, 0.29) is 17.7 Å². The van der Waals surface area contributed by atoms with E-state index < -0.39 is 5.91 Å². The Morgan fingerprint density at radius 3 is 2.27 bits per heavy atom. The molecule has 154 valence electrons. The van der Waals surface area contributed by atoms with Gasteiger partial charge in [0.2, 0.25) is 5.95 Å². The van der Waals surface area contributed by atoms with Crippen LogP contribution in [0.15, 0.2) is 54.6 Å². The molecular weight excluding hydrogens is 382 g/mol. The number of rotatable bonds is 7. The Labute approximate surface area is 174 Å². The van der Waals surface area contributed by atoms with Crippen molar-refractivity contribution in [3.8, 4) is 5.75 Å². The number of aromatic nitrogens is 2. The molecule has 1 aromatic heterocycles. The number of nitrogens with zero attached hydrogens (tertiary/aromatic N) is 2. The largest absolute Gasteiger partial charge is 0.497 e. The van der Waals surface area contributed by atoms with Gasteiger partial charge in [0.15, 0.2) is 0 Å². The van der Waals surface area contributed by atoms with Crippen LogP contribution >= 0.6 is 0 Å². The van der Waals surface area contributed by atoms with Crippen LogP contribution in [0.3, 0.4) is 0 Å². The summed E-state index contributed by atoms with van der Waals surface area (Å²) in [4.78, 5) is 33.7. The minimum atomic E-state index is -0.390. The lowest BCUT2D eigenvalue weighted by Crippen LogP contribution is -2.18. The summed E-state index contributed by atoms with van der Waals surface area (Å²) in [6.07, 6.45) is 0. The number of anilines is 3. The highest BCUT2D eigenvalue weighted by Gasteiger charge is 2.13. The smallest absolute Gasteiger partial charge is 0.258 e. The Balaban J connectivity index is 1.83. The third-order valence-corrected chi connectivity index (χ3v) is 4.16. The molecule has 3 N–H and O–H groups in total. The van der Waals surface area contributed by atoms with E-state index in [0.29, 0.717) is 29.2 Å². The van der Waals surface area contributed by atoms with Crippen LogP contribution < -0.4 is 20.7 Å². The standard InChI is InChI=1S/C22H23N5O3/c1-4-23-18-13-19(24-20(28)15-8-5-7-14(2)11-15)26-22(25-18)27-21(29)16-9-6-10-17(12-16)30-3/h5-13H,4H2,1-3H3,(H3,23,24,25,26,27,28,29). The Hall–Kier alpha value is -3.94. The van der Waals surface area contributed by atoms with E-state index in [4.69, 9.17) is 4.74 Å². The van der Waals surface area contributed by atoms with Crippen LogP contribution in [0.2, 0.25) is 0 Å². The average Bonchev–Trinajstić information content (AvgIpc) is 2.74. The molecule has 0 aliphatic rings. The molecule has 3 aromatic rings. The number of ether oxygens (including phenoxy) is 1. The number of nitrogens with one attached hydrogen (secondary N) is 3. The minimum absolute atomic E-state index is 0.0702. The predicted molar refractivity (Wildman–Crippen MR) is 116 cm³/mol. The van der Waals surface area contributed by atoms with E-state index in [1.165, 1.54) is 7.11 Å². The van der Waals surface area contributed by atoms with Crippen molar-refractivity contribution >= 4 is 29.4 Å². The van der Waals surface area contributed by atoms with Gasteiger partial charge in [-0.15, -0.1) is 0 Å². The molecule has 0 bridgehead atoms. The van der Waals surface area contributed by atoms with Gasteiger partial charge in [0.25, 0.3) is 11.8 Å². The molecule has 0 saturated carbocycles. The maximum absolute atomic E-state index is 12.6. The summed E-state index contributed by atoms with van der Waals surface area (Å²) < 4.78 is 5.15. The molecule has 0 spiro atoms. The fourth-order valence-electron chi connectivity index (χ4n) is 2.75. The minimum Gasteiger partial charge on any atom is -0.497 e. The van der Waals surface area contributed by atoms with Gasteiger partial charge in [0.1, 0.15) is 17.4 Å². The fraction of sp³-hybridized carbons (Fsp3) is 0.182. The van der Waals surface area contributed by atoms with Crippen molar-refractivity contribution < 1.29 is 14.3 Å². The van der Waals surface area contributed by atoms with E-state index in [2.05, 4.69) is 25.9 Å². The molecule has 30 heavy (non-hydrogen) atoms. The first-order chi connectivity index (χ1) is 14.5. The summed E-state index contributed by atoms with van der Waals surface area (Å²) in [7, 11) is 1.53. The fourth-order valence-corrected chi connectivity index (χ4v) is 2.75. The summed E-state index contributed by atoms with van der Waals surface area (Å²) in [6.45, 7) is 4.45. The first-order valence-corrected chi connectivity index (χ1v) is 9.45. The lowest BCUT2D eigenvalue weighted by molar-refractivity contribution is 0.101. The molecule has 1 heterocycles. The molecule has 0 fully saturated rings. The van der Waals surface area contributed by atoms with E-state index in [0.717, 1.165) is 5.56 Å². The highest BCUT2D eigenvalue weighted by atomic mass is 16.5. The highest BCUT2D eigenvalue weighted by molar-refractivity contribution is 6.05. The molecule has 0 atom stereocenters. The molecule has 8 nitrogen and oxygen atoms in total. The topological polar surface area (TPSA) is 105 Å². The number of amides is 2. The van der Waals surface area contributed by atoms with Gasteiger partial charge in [0, 0.05) is 23.7 Å². The molecule has 0 saturated heterocycles. The summed E-state index contributed by atoms with van der Waals surface area (Å²) in [5, 5.41) is 8.49. The Morgan fingerprint density at radius 1 is 0.900 bits per heavy atom. The Bertz CT molecular complexity index is 1070. The van der Waals surface area contributed by atoms with Gasteiger partial charge in [-0.05, 0) is 44.2 Å². The number of hydrogen-bond donors (Lipinski definition) is 3. The van der Waals surface area contributed by atoms with Crippen LogP contribution in [0.4, 0.5) is 17.6 Å². The monoisotopic (exact) mass is 405 g/mol. The first kappa shape index (κ1) is 20.8. The maximum atomic E-state index is 12.6. The van der Waals surface area contributed by atoms with Crippen molar-refractivity contribution in [3.63, 3.8) is 0 Å². The third-order valence-electron chi connectivity index (χ3n) is 4.16. The molecule has 8 heteroatoms. The summed E-state index contributed by atoms with van der Waals surface area (Å²) >= 11 is 0. The van der Waals surface area contributed by atoms with Crippen LogP contribution in [-0.4, -0.2) is 35.4 Å². The van der Waals surface area contributed by atoms with Crippen molar-refractivity contribution in [1.82, 2.24) is 9.97 Å². The lowest BCUT2D eigenvalue weighted by atomic mass is 10.1. The summed E-state index contributed by atoms with van der Waals surface area (Å²) in [5.41, 5.74) is 1.89. The highest BCUT2D eigenvalue weighted by Crippen LogP contribution is 2.18. The Kier molecular flexibility index (Phi) is 6.59. The van der Waals surface area contributed by atoms with Gasteiger partial charge in [0.05, 0.1) is 7.11 Å². The maximum Gasteiger partial charge on any atom is 0.258 e. The number of carbonyl (C=O) groups is 2. The third kappa shape index (κ3) is 5.32. The van der Waals surface area contributed by atoms with Crippen molar-refractivity contribution in [2.24, 2.45) is 0 Å². The molecule has 2 amide bonds. The number of aryl methyl sites for hydroxylation is 1. The molecule has 3 rings (SSSR count). The van der Waals surface area contributed by atoms with Gasteiger partial charge in [-0.1, -0.05) is 23.8 Å². The molecule has 0 unspecified atom stereocenters. The molecular formula is C22H23N5O3. The van der Waals surface area contributed by atoms with Crippen LogP contribution in [0.5, 0.6) is 5.75 Å². The van der Waals surface area contributed by atoms with Crippen LogP contribution in [0, 0.1) is 6.92 Å². The van der Waals surface area contributed by atoms with Gasteiger partial charge < -0.3 is 15.4 Å². The van der Waals surface area contributed by atoms with Gasteiger partial charge in [-0.3, -0.25) is 14.9 Å². The summed E-state index contributed by atoms with van der Waals surface area (Å²) in [6, 6.07) is 15.6. The van der Waals surface area contributed by atoms with Crippen LogP contribution in [0.1, 0.15) is 33.2 Å². The zero-order valence-electron chi connectivity index (χ0n) is 17.0. The predicted octanol–water partition coefficient (Wildman–Crippen LogP) is 3.73. The second kappa shape index (κ2) is 9.51. The number of hydrogen-bond acceptors (Lipinski definition) is 6. The van der Waals surface area contributed by atoms with Gasteiger partial charge in [-0.25, -0.2) is 0 Å². The molecule has 0 aliphatic heterocycles. The van der Waals surface area contributed by atoms with E-state index in [9.17, 15) is 9.59 Å². The zero-order chi connectivity index (χ0) is 21.5. The van der Waals surface area contributed by atoms with E-state index in [1.807, 2.05) is 26.0 Å². The average molecular weight is 405 g/mol. The second-order valence-corrected chi connectivity index (χ2v) is 6.50. The number of carbonyl (C=O) groups excluding carboxylic acids is 2. The zero-order valence-corrected chi connectivity index (χ0v) is 17.0. The second-order valence-electron chi connectivity index (χ2n) is 6.50. The molecule has 0 radical (unpaired) electrons. The van der Waals surface area contributed by atoms with Crippen molar-refractivity contribution in [2.45, 2.75) is 13.8 Å². The quantitative estimate of drug-likeness (QED) is 0.553. The van der Waals surface area contributed by atoms with Crippen LogP contribution in [0.25, 0.3) is 0 Å². The SMILES string of the molecule is CCNc1cc(NC(=O)c2cccc(C)c2)nc(NC(=O)c2cccc(OC)c2)n1. The Morgan fingerprint density at radius 2 is 1.57 bits per heavy atom. The number of benzene rings is 2. The molecule has 0 aliphatic carbocycles. The van der Waals surface area contributed by atoms with Gasteiger partial charge >= 0.3 is 0 Å². The van der Waals surface area contributed by atoms with Crippen molar-refractivity contribution in [2.75, 3.05) is 29.6 Å².